The highest BCUT2D eigenvalue weighted by Crippen LogP contribution is 2.24. The standard InChI is InChI=1S/C12H10ClNO2/c1-7-3-4-8(2)9(5-7)10-6-11(12(13)15)16-14-10/h3-6H,1-2H3. The SMILES string of the molecule is Cc1ccc(C)c(-c2cc(C(=O)Cl)on2)c1. The molecule has 0 saturated heterocycles. The second kappa shape index (κ2) is 4.10. The van der Waals surface area contributed by atoms with Gasteiger partial charge in [0.2, 0.25) is 5.76 Å². The number of hydrogen-bond acceptors (Lipinski definition) is 3. The minimum Gasteiger partial charge on any atom is -0.351 e. The van der Waals surface area contributed by atoms with Crippen molar-refractivity contribution in [2.45, 2.75) is 13.8 Å². The second-order valence-electron chi connectivity index (χ2n) is 3.67. The largest absolute Gasteiger partial charge is 0.351 e. The lowest BCUT2D eigenvalue weighted by Gasteiger charge is -2.02. The van der Waals surface area contributed by atoms with Crippen molar-refractivity contribution in [3.63, 3.8) is 0 Å². The van der Waals surface area contributed by atoms with E-state index in [0.717, 1.165) is 16.7 Å². The van der Waals surface area contributed by atoms with Gasteiger partial charge >= 0.3 is 0 Å². The van der Waals surface area contributed by atoms with Gasteiger partial charge in [-0.15, -0.1) is 0 Å². The summed E-state index contributed by atoms with van der Waals surface area (Å²) in [5, 5.41) is 3.19. The van der Waals surface area contributed by atoms with Crippen molar-refractivity contribution in [1.82, 2.24) is 5.16 Å². The molecule has 0 aliphatic heterocycles. The van der Waals surface area contributed by atoms with Crippen LogP contribution in [0.4, 0.5) is 0 Å². The molecule has 4 heteroatoms. The summed E-state index contributed by atoms with van der Waals surface area (Å²) in [7, 11) is 0. The highest BCUT2D eigenvalue weighted by molar-refractivity contribution is 6.67. The summed E-state index contributed by atoms with van der Waals surface area (Å²) in [6.45, 7) is 3.97. The van der Waals surface area contributed by atoms with Gasteiger partial charge in [-0.25, -0.2) is 0 Å². The molecule has 0 radical (unpaired) electrons. The molecular formula is C12H10ClNO2. The monoisotopic (exact) mass is 235 g/mol. The maximum absolute atomic E-state index is 10.9. The molecule has 2 aromatic rings. The summed E-state index contributed by atoms with van der Waals surface area (Å²) in [5.74, 6) is 0.0672. The zero-order valence-electron chi connectivity index (χ0n) is 8.95. The molecule has 0 N–H and O–H groups in total. The molecule has 0 bridgehead atoms. The molecule has 3 nitrogen and oxygen atoms in total. The van der Waals surface area contributed by atoms with Crippen LogP contribution in [0.25, 0.3) is 11.3 Å². The maximum atomic E-state index is 10.9. The highest BCUT2D eigenvalue weighted by atomic mass is 35.5. The van der Waals surface area contributed by atoms with Crippen LogP contribution in [0.5, 0.6) is 0 Å². The zero-order chi connectivity index (χ0) is 11.7. The van der Waals surface area contributed by atoms with Crippen LogP contribution in [-0.2, 0) is 0 Å². The number of carbonyl (C=O) groups is 1. The van der Waals surface area contributed by atoms with Crippen LogP contribution >= 0.6 is 11.6 Å². The maximum Gasteiger partial charge on any atom is 0.290 e. The van der Waals surface area contributed by atoms with Crippen molar-refractivity contribution in [3.8, 4) is 11.3 Å². The lowest BCUT2D eigenvalue weighted by atomic mass is 10.0. The van der Waals surface area contributed by atoms with Gasteiger partial charge in [0.25, 0.3) is 5.24 Å². The third-order valence-electron chi connectivity index (χ3n) is 2.37. The van der Waals surface area contributed by atoms with Crippen LogP contribution in [0.2, 0.25) is 0 Å². The van der Waals surface area contributed by atoms with E-state index < -0.39 is 5.24 Å². The first kappa shape index (κ1) is 10.9. The Morgan fingerprint density at radius 2 is 2.06 bits per heavy atom. The lowest BCUT2D eigenvalue weighted by Crippen LogP contribution is -1.85. The molecule has 0 amide bonds. The average molecular weight is 236 g/mol. The predicted octanol–water partition coefficient (Wildman–Crippen LogP) is 3.34. The quantitative estimate of drug-likeness (QED) is 0.750. The summed E-state index contributed by atoms with van der Waals surface area (Å²) in [6, 6.07) is 7.57. The van der Waals surface area contributed by atoms with E-state index in [1.54, 1.807) is 6.07 Å². The molecule has 0 aliphatic rings. The molecule has 0 atom stereocenters. The summed E-state index contributed by atoms with van der Waals surface area (Å²) in [5.41, 5.74) is 3.79. The second-order valence-corrected chi connectivity index (χ2v) is 4.01. The third kappa shape index (κ3) is 1.99. The number of aryl methyl sites for hydroxylation is 2. The minimum atomic E-state index is -0.635. The number of halogens is 1. The lowest BCUT2D eigenvalue weighted by molar-refractivity contribution is 0.104. The van der Waals surface area contributed by atoms with E-state index in [1.165, 1.54) is 0 Å². The Labute approximate surface area is 98.0 Å². The van der Waals surface area contributed by atoms with E-state index in [2.05, 4.69) is 5.16 Å². The third-order valence-corrected chi connectivity index (χ3v) is 2.56. The number of aromatic nitrogens is 1. The molecule has 16 heavy (non-hydrogen) atoms. The summed E-state index contributed by atoms with van der Waals surface area (Å²) in [6.07, 6.45) is 0. The van der Waals surface area contributed by atoms with Crippen molar-refractivity contribution >= 4 is 16.8 Å². The molecule has 0 aliphatic carbocycles. The molecule has 1 aromatic heterocycles. The Hall–Kier alpha value is -1.61. The fraction of sp³-hybridized carbons (Fsp3) is 0.167. The first-order valence-electron chi connectivity index (χ1n) is 4.82. The number of rotatable bonds is 2. The van der Waals surface area contributed by atoms with E-state index in [0.29, 0.717) is 5.69 Å². The van der Waals surface area contributed by atoms with E-state index in [4.69, 9.17) is 16.1 Å². The van der Waals surface area contributed by atoms with Crippen LogP contribution in [0.15, 0.2) is 28.8 Å². The number of nitrogens with zero attached hydrogens (tertiary/aromatic N) is 1. The zero-order valence-corrected chi connectivity index (χ0v) is 9.71. The van der Waals surface area contributed by atoms with Gasteiger partial charge in [-0.2, -0.15) is 0 Å². The molecule has 1 heterocycles. The molecule has 2 rings (SSSR count). The van der Waals surface area contributed by atoms with Gasteiger partial charge in [-0.1, -0.05) is 22.9 Å². The number of hydrogen-bond donors (Lipinski definition) is 0. The highest BCUT2D eigenvalue weighted by Gasteiger charge is 2.12. The molecule has 82 valence electrons. The van der Waals surface area contributed by atoms with E-state index in [-0.39, 0.29) is 5.76 Å². The van der Waals surface area contributed by atoms with Gasteiger partial charge in [0.05, 0.1) is 0 Å². The first-order valence-corrected chi connectivity index (χ1v) is 5.20. The molecule has 0 saturated carbocycles. The van der Waals surface area contributed by atoms with Gasteiger partial charge in [0.15, 0.2) is 0 Å². The van der Waals surface area contributed by atoms with Crippen LogP contribution in [0.1, 0.15) is 21.7 Å². The topological polar surface area (TPSA) is 43.1 Å². The average Bonchev–Trinajstić information content (AvgIpc) is 2.70. The van der Waals surface area contributed by atoms with Gasteiger partial charge in [0, 0.05) is 11.6 Å². The molecule has 1 aromatic carbocycles. The Bertz CT molecular complexity index is 546. The molecular weight excluding hydrogens is 226 g/mol. The van der Waals surface area contributed by atoms with Crippen molar-refractivity contribution < 1.29 is 9.32 Å². The fourth-order valence-electron chi connectivity index (χ4n) is 1.51. The van der Waals surface area contributed by atoms with Crippen molar-refractivity contribution in [1.29, 1.82) is 0 Å². The summed E-state index contributed by atoms with van der Waals surface area (Å²) in [4.78, 5) is 10.9. The summed E-state index contributed by atoms with van der Waals surface area (Å²) < 4.78 is 4.84. The van der Waals surface area contributed by atoms with Crippen molar-refractivity contribution in [2.24, 2.45) is 0 Å². The molecule has 0 spiro atoms. The Kier molecular flexibility index (Phi) is 2.79. The summed E-state index contributed by atoms with van der Waals surface area (Å²) >= 11 is 5.30. The van der Waals surface area contributed by atoms with Crippen molar-refractivity contribution in [2.75, 3.05) is 0 Å². The minimum absolute atomic E-state index is 0.0672. The van der Waals surface area contributed by atoms with Gasteiger partial charge in [-0.05, 0) is 37.1 Å². The van der Waals surface area contributed by atoms with Crippen LogP contribution in [-0.4, -0.2) is 10.4 Å². The molecule has 0 unspecified atom stereocenters. The number of carbonyl (C=O) groups excluding carboxylic acids is 1. The Morgan fingerprint density at radius 3 is 2.69 bits per heavy atom. The van der Waals surface area contributed by atoms with Crippen LogP contribution in [0, 0.1) is 13.8 Å². The predicted molar refractivity (Wildman–Crippen MR) is 61.6 cm³/mol. The van der Waals surface area contributed by atoms with E-state index >= 15 is 0 Å². The van der Waals surface area contributed by atoms with Crippen molar-refractivity contribution in [3.05, 3.63) is 41.2 Å². The van der Waals surface area contributed by atoms with Crippen LogP contribution in [0.3, 0.4) is 0 Å². The van der Waals surface area contributed by atoms with E-state index in [9.17, 15) is 4.79 Å². The molecule has 0 fully saturated rings. The number of benzene rings is 1. The fourth-order valence-corrected chi connectivity index (χ4v) is 1.60. The van der Waals surface area contributed by atoms with Crippen LogP contribution < -0.4 is 0 Å². The first-order chi connectivity index (χ1) is 7.58. The Balaban J connectivity index is 2.50. The normalized spacial score (nSPS) is 10.4. The van der Waals surface area contributed by atoms with Gasteiger partial charge in [0.1, 0.15) is 5.69 Å². The Morgan fingerprint density at radius 1 is 1.31 bits per heavy atom. The smallest absolute Gasteiger partial charge is 0.290 e. The van der Waals surface area contributed by atoms with Gasteiger partial charge < -0.3 is 4.52 Å². The van der Waals surface area contributed by atoms with E-state index in [1.807, 2.05) is 32.0 Å². The van der Waals surface area contributed by atoms with Gasteiger partial charge in [-0.3, -0.25) is 4.79 Å².